The minimum atomic E-state index is 1.17. The maximum atomic E-state index is 4.31. The van der Waals surface area contributed by atoms with Crippen LogP contribution in [0.25, 0.3) is 11.1 Å². The first-order valence-electron chi connectivity index (χ1n) is 6.71. The molecular formula is C17H22. The van der Waals surface area contributed by atoms with Gasteiger partial charge >= 0.3 is 0 Å². The van der Waals surface area contributed by atoms with E-state index < -0.39 is 0 Å². The zero-order chi connectivity index (χ0) is 12.4. The quantitative estimate of drug-likeness (QED) is 0.647. The lowest BCUT2D eigenvalue weighted by atomic mass is 9.98. The number of hydrogen-bond donors (Lipinski definition) is 0. The minimum absolute atomic E-state index is 1.17. The van der Waals surface area contributed by atoms with Crippen LogP contribution in [0.4, 0.5) is 0 Å². The standard InChI is InChI=1S/C17H22/c1-5-7-14-13(4)17-11-12(3)9-10-16(17)15(14)8-6-2/h9-11H,4-8H2,1-3H3. The Kier molecular flexibility index (Phi) is 3.51. The van der Waals surface area contributed by atoms with Crippen molar-refractivity contribution in [1.82, 2.24) is 0 Å². The van der Waals surface area contributed by atoms with Crippen LogP contribution in [0, 0.1) is 6.92 Å². The van der Waals surface area contributed by atoms with Crippen molar-refractivity contribution in [1.29, 1.82) is 0 Å². The molecular weight excluding hydrogens is 204 g/mol. The third-order valence-corrected chi connectivity index (χ3v) is 3.55. The lowest BCUT2D eigenvalue weighted by molar-refractivity contribution is 0.915. The largest absolute Gasteiger partial charge is 0.0908 e. The van der Waals surface area contributed by atoms with E-state index in [2.05, 4.69) is 45.5 Å². The van der Waals surface area contributed by atoms with Crippen molar-refractivity contribution in [2.75, 3.05) is 0 Å². The predicted octanol–water partition coefficient (Wildman–Crippen LogP) is 5.38. The van der Waals surface area contributed by atoms with Gasteiger partial charge in [-0.3, -0.25) is 0 Å². The number of fused-ring (bicyclic) bond motifs is 1. The summed E-state index contributed by atoms with van der Waals surface area (Å²) in [6.45, 7) is 11.0. The number of aryl methyl sites for hydroxylation is 1. The van der Waals surface area contributed by atoms with Crippen molar-refractivity contribution in [2.45, 2.75) is 46.5 Å². The van der Waals surface area contributed by atoms with E-state index in [0.29, 0.717) is 0 Å². The molecule has 0 heterocycles. The maximum absolute atomic E-state index is 4.31. The van der Waals surface area contributed by atoms with Gasteiger partial charge in [0.25, 0.3) is 0 Å². The molecule has 1 aromatic rings. The fourth-order valence-electron chi connectivity index (χ4n) is 2.77. The van der Waals surface area contributed by atoms with Gasteiger partial charge in [-0.05, 0) is 47.6 Å². The summed E-state index contributed by atoms with van der Waals surface area (Å²) in [5.41, 5.74) is 8.47. The Morgan fingerprint density at radius 1 is 0.941 bits per heavy atom. The number of hydrogen-bond acceptors (Lipinski definition) is 0. The molecule has 0 aromatic heterocycles. The van der Waals surface area contributed by atoms with E-state index in [1.807, 2.05) is 0 Å². The van der Waals surface area contributed by atoms with Gasteiger partial charge in [0.15, 0.2) is 0 Å². The van der Waals surface area contributed by atoms with Crippen molar-refractivity contribution in [3.05, 3.63) is 47.0 Å². The van der Waals surface area contributed by atoms with Crippen molar-refractivity contribution < 1.29 is 0 Å². The van der Waals surface area contributed by atoms with E-state index in [1.165, 1.54) is 53.5 Å². The van der Waals surface area contributed by atoms with E-state index >= 15 is 0 Å². The van der Waals surface area contributed by atoms with Gasteiger partial charge in [0.05, 0.1) is 0 Å². The first kappa shape index (κ1) is 12.2. The molecule has 0 saturated carbocycles. The summed E-state index contributed by atoms with van der Waals surface area (Å²) in [6, 6.07) is 6.79. The Balaban J connectivity index is 2.51. The molecule has 2 rings (SSSR count). The Labute approximate surface area is 105 Å². The summed E-state index contributed by atoms with van der Waals surface area (Å²) in [7, 11) is 0. The molecule has 0 aliphatic heterocycles. The lowest BCUT2D eigenvalue weighted by Crippen LogP contribution is -1.85. The van der Waals surface area contributed by atoms with Crippen LogP contribution in [0.3, 0.4) is 0 Å². The van der Waals surface area contributed by atoms with E-state index in [0.717, 1.165) is 0 Å². The molecule has 0 heteroatoms. The molecule has 0 N–H and O–H groups in total. The normalized spacial score (nSPS) is 14.4. The van der Waals surface area contributed by atoms with Crippen LogP contribution in [0.15, 0.2) is 30.4 Å². The molecule has 0 amide bonds. The Bertz CT molecular complexity index is 475. The molecule has 0 bridgehead atoms. The molecule has 17 heavy (non-hydrogen) atoms. The summed E-state index contributed by atoms with van der Waals surface area (Å²) in [4.78, 5) is 0. The van der Waals surface area contributed by atoms with E-state index in [4.69, 9.17) is 0 Å². The van der Waals surface area contributed by atoms with Crippen molar-refractivity contribution in [3.63, 3.8) is 0 Å². The molecule has 0 spiro atoms. The zero-order valence-corrected chi connectivity index (χ0v) is 11.3. The summed E-state index contributed by atoms with van der Waals surface area (Å²) >= 11 is 0. The second kappa shape index (κ2) is 4.91. The topological polar surface area (TPSA) is 0 Å². The minimum Gasteiger partial charge on any atom is -0.0908 e. The highest BCUT2D eigenvalue weighted by atomic mass is 14.3. The van der Waals surface area contributed by atoms with Crippen molar-refractivity contribution in [3.8, 4) is 0 Å². The molecule has 90 valence electrons. The van der Waals surface area contributed by atoms with Crippen LogP contribution < -0.4 is 0 Å². The van der Waals surface area contributed by atoms with Crippen LogP contribution in [0.5, 0.6) is 0 Å². The molecule has 1 aliphatic carbocycles. The maximum Gasteiger partial charge on any atom is -0.0109 e. The van der Waals surface area contributed by atoms with Gasteiger partial charge in [0, 0.05) is 0 Å². The highest BCUT2D eigenvalue weighted by molar-refractivity contribution is 5.99. The Morgan fingerprint density at radius 3 is 2.24 bits per heavy atom. The van der Waals surface area contributed by atoms with E-state index in [-0.39, 0.29) is 0 Å². The zero-order valence-electron chi connectivity index (χ0n) is 11.3. The highest BCUT2D eigenvalue weighted by Gasteiger charge is 2.23. The average Bonchev–Trinajstić information content (AvgIpc) is 2.56. The molecule has 1 aliphatic rings. The monoisotopic (exact) mass is 226 g/mol. The number of rotatable bonds is 4. The molecule has 0 atom stereocenters. The van der Waals surface area contributed by atoms with Crippen LogP contribution in [-0.4, -0.2) is 0 Å². The molecule has 0 saturated heterocycles. The van der Waals surface area contributed by atoms with Gasteiger partial charge in [-0.15, -0.1) is 0 Å². The van der Waals surface area contributed by atoms with E-state index in [9.17, 15) is 0 Å². The predicted molar refractivity (Wildman–Crippen MR) is 76.9 cm³/mol. The van der Waals surface area contributed by atoms with Crippen LogP contribution in [-0.2, 0) is 0 Å². The summed E-state index contributed by atoms with van der Waals surface area (Å²) in [5, 5.41) is 0. The highest BCUT2D eigenvalue weighted by Crippen LogP contribution is 2.44. The summed E-state index contributed by atoms with van der Waals surface area (Å²) in [6.07, 6.45) is 4.77. The van der Waals surface area contributed by atoms with Crippen LogP contribution >= 0.6 is 0 Å². The second-order valence-corrected chi connectivity index (χ2v) is 4.98. The van der Waals surface area contributed by atoms with Crippen molar-refractivity contribution in [2.24, 2.45) is 0 Å². The summed E-state index contributed by atoms with van der Waals surface area (Å²) in [5.74, 6) is 0. The SMILES string of the molecule is C=C1C(CCC)=C(CCC)c2ccc(C)cc21. The molecule has 0 nitrogen and oxygen atoms in total. The van der Waals surface area contributed by atoms with Gasteiger partial charge in [-0.2, -0.15) is 0 Å². The number of benzene rings is 1. The van der Waals surface area contributed by atoms with Crippen LogP contribution in [0.1, 0.15) is 56.2 Å². The first-order valence-corrected chi connectivity index (χ1v) is 6.71. The Morgan fingerprint density at radius 2 is 1.59 bits per heavy atom. The van der Waals surface area contributed by atoms with Crippen LogP contribution in [0.2, 0.25) is 0 Å². The Hall–Kier alpha value is -1.30. The first-order chi connectivity index (χ1) is 8.19. The van der Waals surface area contributed by atoms with Gasteiger partial charge in [-0.25, -0.2) is 0 Å². The smallest absolute Gasteiger partial charge is 0.0109 e. The fraction of sp³-hybridized carbons (Fsp3) is 0.412. The lowest BCUT2D eigenvalue weighted by Gasteiger charge is -2.06. The molecule has 1 aromatic carbocycles. The second-order valence-electron chi connectivity index (χ2n) is 4.98. The average molecular weight is 226 g/mol. The fourth-order valence-corrected chi connectivity index (χ4v) is 2.77. The summed E-state index contributed by atoms with van der Waals surface area (Å²) < 4.78 is 0. The van der Waals surface area contributed by atoms with Crippen molar-refractivity contribution >= 4 is 11.1 Å². The van der Waals surface area contributed by atoms with E-state index in [1.54, 1.807) is 5.57 Å². The van der Waals surface area contributed by atoms with Gasteiger partial charge < -0.3 is 0 Å². The van der Waals surface area contributed by atoms with Gasteiger partial charge in [0.1, 0.15) is 0 Å². The molecule has 0 unspecified atom stereocenters. The molecule has 0 fully saturated rings. The third-order valence-electron chi connectivity index (χ3n) is 3.55. The number of allylic oxidation sites excluding steroid dienone is 3. The van der Waals surface area contributed by atoms with Gasteiger partial charge in [0.2, 0.25) is 0 Å². The van der Waals surface area contributed by atoms with Gasteiger partial charge in [-0.1, -0.05) is 57.0 Å². The third kappa shape index (κ3) is 2.09. The molecule has 0 radical (unpaired) electrons.